The van der Waals surface area contributed by atoms with Gasteiger partial charge in [-0.2, -0.15) is 0 Å². The first-order valence-corrected chi connectivity index (χ1v) is 8.17. The fourth-order valence-electron chi connectivity index (χ4n) is 2.25. The van der Waals surface area contributed by atoms with Crippen molar-refractivity contribution in [3.63, 3.8) is 0 Å². The van der Waals surface area contributed by atoms with Crippen molar-refractivity contribution in [3.8, 4) is 5.75 Å². The Hall–Kier alpha value is -2.57. The smallest absolute Gasteiger partial charge is 0.191 e. The number of rotatable bonds is 7. The van der Waals surface area contributed by atoms with Crippen molar-refractivity contribution in [2.45, 2.75) is 40.0 Å². The Bertz CT molecular complexity index is 667. The van der Waals surface area contributed by atoms with Gasteiger partial charge in [-0.15, -0.1) is 10.2 Å². The largest absolute Gasteiger partial charge is 0.489 e. The minimum atomic E-state index is 0.0175. The summed E-state index contributed by atoms with van der Waals surface area (Å²) in [6.07, 6.45) is 1.75. The highest BCUT2D eigenvalue weighted by atomic mass is 16.5. The van der Waals surface area contributed by atoms with E-state index in [4.69, 9.17) is 4.74 Å². The SMILES string of the molecule is CCn1cnnc1CNC(=NC)NCC(C)Oc1ccccc1C. The van der Waals surface area contributed by atoms with Crippen molar-refractivity contribution in [3.05, 3.63) is 42.0 Å². The summed E-state index contributed by atoms with van der Waals surface area (Å²) in [6.45, 7) is 8.19. The number of hydrogen-bond donors (Lipinski definition) is 2. The third-order valence-corrected chi connectivity index (χ3v) is 3.65. The number of guanidine groups is 1. The molecule has 24 heavy (non-hydrogen) atoms. The summed E-state index contributed by atoms with van der Waals surface area (Å²) in [5.41, 5.74) is 1.13. The van der Waals surface area contributed by atoms with Crippen molar-refractivity contribution >= 4 is 5.96 Å². The van der Waals surface area contributed by atoms with Crippen molar-refractivity contribution in [2.75, 3.05) is 13.6 Å². The van der Waals surface area contributed by atoms with Gasteiger partial charge in [0.1, 0.15) is 18.2 Å². The molecule has 0 saturated carbocycles. The van der Waals surface area contributed by atoms with E-state index >= 15 is 0 Å². The zero-order chi connectivity index (χ0) is 17.4. The molecule has 7 nitrogen and oxygen atoms in total. The number of ether oxygens (including phenoxy) is 1. The number of nitrogens with one attached hydrogen (secondary N) is 2. The molecule has 0 radical (unpaired) electrons. The van der Waals surface area contributed by atoms with E-state index in [9.17, 15) is 0 Å². The van der Waals surface area contributed by atoms with E-state index in [1.165, 1.54) is 0 Å². The second kappa shape index (κ2) is 8.90. The molecule has 2 rings (SSSR count). The van der Waals surface area contributed by atoms with Crippen molar-refractivity contribution in [2.24, 2.45) is 4.99 Å². The molecule has 1 atom stereocenters. The summed E-state index contributed by atoms with van der Waals surface area (Å²) in [6, 6.07) is 8.01. The van der Waals surface area contributed by atoms with E-state index in [1.807, 2.05) is 42.7 Å². The molecular formula is C17H26N6O. The second-order valence-electron chi connectivity index (χ2n) is 5.53. The molecule has 0 spiro atoms. The molecule has 2 aromatic rings. The number of aromatic nitrogens is 3. The average Bonchev–Trinajstić information content (AvgIpc) is 3.04. The summed E-state index contributed by atoms with van der Waals surface area (Å²) in [5, 5.41) is 14.5. The van der Waals surface area contributed by atoms with Crippen LogP contribution in [0.4, 0.5) is 0 Å². The summed E-state index contributed by atoms with van der Waals surface area (Å²) < 4.78 is 7.95. The molecule has 130 valence electrons. The number of hydrogen-bond acceptors (Lipinski definition) is 4. The maximum atomic E-state index is 5.96. The zero-order valence-corrected chi connectivity index (χ0v) is 14.8. The number of aliphatic imine (C=N–C) groups is 1. The lowest BCUT2D eigenvalue weighted by molar-refractivity contribution is 0.222. The van der Waals surface area contributed by atoms with Gasteiger partial charge in [-0.1, -0.05) is 18.2 Å². The van der Waals surface area contributed by atoms with Crippen molar-refractivity contribution in [1.29, 1.82) is 0 Å². The first-order valence-electron chi connectivity index (χ1n) is 8.17. The number of aryl methyl sites for hydroxylation is 2. The molecule has 0 aliphatic heterocycles. The molecule has 0 aliphatic carbocycles. The minimum Gasteiger partial charge on any atom is -0.489 e. The van der Waals surface area contributed by atoms with Crippen LogP contribution in [0.15, 0.2) is 35.6 Å². The summed E-state index contributed by atoms with van der Waals surface area (Å²) >= 11 is 0. The quantitative estimate of drug-likeness (QED) is 0.597. The number of benzene rings is 1. The lowest BCUT2D eigenvalue weighted by Gasteiger charge is -2.18. The maximum absolute atomic E-state index is 5.96. The first kappa shape index (κ1) is 17.8. The standard InChI is InChI=1S/C17H26N6O/c1-5-23-12-21-22-16(23)11-20-17(18-4)19-10-14(3)24-15-9-7-6-8-13(15)2/h6-9,12,14H,5,10-11H2,1-4H3,(H2,18,19,20). The van der Waals surface area contributed by atoms with Crippen molar-refractivity contribution < 1.29 is 4.74 Å². The van der Waals surface area contributed by atoms with Gasteiger partial charge in [-0.05, 0) is 32.4 Å². The average molecular weight is 330 g/mol. The van der Waals surface area contributed by atoms with E-state index in [0.717, 1.165) is 23.7 Å². The van der Waals surface area contributed by atoms with Crippen LogP contribution in [0.5, 0.6) is 5.75 Å². The summed E-state index contributed by atoms with van der Waals surface area (Å²) in [4.78, 5) is 4.22. The van der Waals surface area contributed by atoms with Crippen LogP contribution < -0.4 is 15.4 Å². The van der Waals surface area contributed by atoms with Crippen LogP contribution in [0.2, 0.25) is 0 Å². The van der Waals surface area contributed by atoms with Gasteiger partial charge in [0.2, 0.25) is 0 Å². The molecule has 7 heteroatoms. The van der Waals surface area contributed by atoms with E-state index in [1.54, 1.807) is 13.4 Å². The van der Waals surface area contributed by atoms with Crippen LogP contribution in [0.25, 0.3) is 0 Å². The van der Waals surface area contributed by atoms with E-state index in [0.29, 0.717) is 19.0 Å². The first-order chi connectivity index (χ1) is 11.6. The van der Waals surface area contributed by atoms with E-state index in [2.05, 4.69) is 32.7 Å². The Morgan fingerprint density at radius 2 is 2.12 bits per heavy atom. The molecular weight excluding hydrogens is 304 g/mol. The van der Waals surface area contributed by atoms with Gasteiger partial charge in [0.25, 0.3) is 0 Å². The second-order valence-corrected chi connectivity index (χ2v) is 5.53. The third-order valence-electron chi connectivity index (χ3n) is 3.65. The molecule has 1 aromatic carbocycles. The van der Waals surface area contributed by atoms with Gasteiger partial charge < -0.3 is 19.9 Å². The molecule has 1 heterocycles. The highest BCUT2D eigenvalue weighted by Gasteiger charge is 2.08. The van der Waals surface area contributed by atoms with E-state index in [-0.39, 0.29) is 6.10 Å². The highest BCUT2D eigenvalue weighted by Crippen LogP contribution is 2.17. The van der Waals surface area contributed by atoms with Crippen LogP contribution in [-0.4, -0.2) is 40.4 Å². The van der Waals surface area contributed by atoms with Crippen LogP contribution in [-0.2, 0) is 13.1 Å². The van der Waals surface area contributed by atoms with Crippen molar-refractivity contribution in [1.82, 2.24) is 25.4 Å². The van der Waals surface area contributed by atoms with Gasteiger partial charge in [0, 0.05) is 13.6 Å². The Morgan fingerprint density at radius 3 is 2.83 bits per heavy atom. The van der Waals surface area contributed by atoms with Gasteiger partial charge >= 0.3 is 0 Å². The predicted molar refractivity (Wildman–Crippen MR) is 95.2 cm³/mol. The highest BCUT2D eigenvalue weighted by molar-refractivity contribution is 5.79. The van der Waals surface area contributed by atoms with Gasteiger partial charge in [-0.25, -0.2) is 0 Å². The van der Waals surface area contributed by atoms with Crippen LogP contribution in [0.1, 0.15) is 25.2 Å². The number of nitrogens with zero attached hydrogens (tertiary/aromatic N) is 4. The molecule has 0 saturated heterocycles. The summed E-state index contributed by atoms with van der Waals surface area (Å²) in [7, 11) is 1.74. The topological polar surface area (TPSA) is 76.4 Å². The minimum absolute atomic E-state index is 0.0175. The molecule has 1 unspecified atom stereocenters. The Morgan fingerprint density at radius 1 is 1.33 bits per heavy atom. The molecule has 0 bridgehead atoms. The third kappa shape index (κ3) is 4.97. The van der Waals surface area contributed by atoms with E-state index < -0.39 is 0 Å². The molecule has 0 fully saturated rings. The number of para-hydroxylation sites is 1. The Kier molecular flexibility index (Phi) is 6.60. The normalized spacial score (nSPS) is 12.8. The zero-order valence-electron chi connectivity index (χ0n) is 14.8. The van der Waals surface area contributed by atoms with Crippen LogP contribution >= 0.6 is 0 Å². The van der Waals surface area contributed by atoms with Crippen LogP contribution in [0, 0.1) is 6.92 Å². The lowest BCUT2D eigenvalue weighted by Crippen LogP contribution is -2.41. The molecule has 2 N–H and O–H groups in total. The molecule has 0 amide bonds. The maximum Gasteiger partial charge on any atom is 0.191 e. The summed E-state index contributed by atoms with van der Waals surface area (Å²) in [5.74, 6) is 2.50. The van der Waals surface area contributed by atoms with Gasteiger partial charge in [-0.3, -0.25) is 4.99 Å². The monoisotopic (exact) mass is 330 g/mol. The fourth-order valence-corrected chi connectivity index (χ4v) is 2.25. The predicted octanol–water partition coefficient (Wildman–Crippen LogP) is 1.74. The Balaban J connectivity index is 1.80. The lowest BCUT2D eigenvalue weighted by atomic mass is 10.2. The molecule has 1 aromatic heterocycles. The van der Waals surface area contributed by atoms with Gasteiger partial charge in [0.15, 0.2) is 11.8 Å². The van der Waals surface area contributed by atoms with Gasteiger partial charge in [0.05, 0.1) is 13.1 Å². The molecule has 0 aliphatic rings. The van der Waals surface area contributed by atoms with Crippen LogP contribution in [0.3, 0.4) is 0 Å². The Labute approximate surface area is 143 Å². The fraction of sp³-hybridized carbons (Fsp3) is 0.471.